The van der Waals surface area contributed by atoms with Gasteiger partial charge in [-0.25, -0.2) is 0 Å². The van der Waals surface area contributed by atoms with Crippen molar-refractivity contribution in [2.24, 2.45) is 22.7 Å². The number of nitrogens with one attached hydrogen (secondary N) is 1. The molecule has 1 rings (SSSR count). The van der Waals surface area contributed by atoms with Gasteiger partial charge in [-0.15, -0.1) is 0 Å². The van der Waals surface area contributed by atoms with Crippen LogP contribution in [0.1, 0.15) is 73.6 Å². The first-order chi connectivity index (χ1) is 8.13. The third-order valence-corrected chi connectivity index (χ3v) is 4.84. The summed E-state index contributed by atoms with van der Waals surface area (Å²) in [4.78, 5) is 0. The molecule has 0 amide bonds. The highest BCUT2D eigenvalue weighted by atomic mass is 14.9. The van der Waals surface area contributed by atoms with E-state index in [1.165, 1.54) is 32.1 Å². The maximum atomic E-state index is 3.56. The zero-order valence-corrected chi connectivity index (χ0v) is 13.8. The van der Waals surface area contributed by atoms with Crippen LogP contribution in [-0.2, 0) is 0 Å². The van der Waals surface area contributed by atoms with Crippen molar-refractivity contribution in [1.29, 1.82) is 0 Å². The molecule has 0 aromatic rings. The van der Waals surface area contributed by atoms with Gasteiger partial charge in [0, 0.05) is 6.04 Å². The van der Waals surface area contributed by atoms with Gasteiger partial charge in [-0.1, -0.05) is 41.5 Å². The smallest absolute Gasteiger partial charge is 0.00925 e. The second kappa shape index (κ2) is 5.94. The van der Waals surface area contributed by atoms with Crippen molar-refractivity contribution >= 4 is 0 Å². The molecule has 3 atom stereocenters. The number of rotatable bonds is 3. The third kappa shape index (κ3) is 4.91. The van der Waals surface area contributed by atoms with E-state index in [1.54, 1.807) is 0 Å². The topological polar surface area (TPSA) is 12.0 Å². The molecule has 108 valence electrons. The maximum Gasteiger partial charge on any atom is 0.00925 e. The molecule has 1 fully saturated rings. The summed E-state index contributed by atoms with van der Waals surface area (Å²) in [5.74, 6) is 1.79. The lowest BCUT2D eigenvalue weighted by Gasteiger charge is -2.42. The summed E-state index contributed by atoms with van der Waals surface area (Å²) in [7, 11) is 2.15. The van der Waals surface area contributed by atoms with Crippen LogP contribution in [0.5, 0.6) is 0 Å². The molecule has 0 aromatic heterocycles. The minimum atomic E-state index is 0.479. The Morgan fingerprint density at radius 2 is 1.61 bits per heavy atom. The first-order valence-electron chi connectivity index (χ1n) is 7.81. The summed E-state index contributed by atoms with van der Waals surface area (Å²) in [6, 6.07) is 0.756. The van der Waals surface area contributed by atoms with Crippen molar-refractivity contribution in [1.82, 2.24) is 5.32 Å². The van der Waals surface area contributed by atoms with E-state index in [4.69, 9.17) is 0 Å². The average Bonchev–Trinajstić information content (AvgIpc) is 2.23. The minimum Gasteiger partial charge on any atom is -0.317 e. The highest BCUT2D eigenvalue weighted by molar-refractivity contribution is 4.89. The Balaban J connectivity index is 2.59. The maximum absolute atomic E-state index is 3.56. The molecular weight excluding hydrogens is 218 g/mol. The summed E-state index contributed by atoms with van der Waals surface area (Å²) < 4.78 is 0. The Hall–Kier alpha value is -0.0400. The van der Waals surface area contributed by atoms with E-state index in [-0.39, 0.29) is 0 Å². The molecule has 0 radical (unpaired) electrons. The lowest BCUT2D eigenvalue weighted by atomic mass is 9.66. The Morgan fingerprint density at radius 1 is 1.00 bits per heavy atom. The highest BCUT2D eigenvalue weighted by Gasteiger charge is 2.35. The van der Waals surface area contributed by atoms with Crippen molar-refractivity contribution in [2.45, 2.75) is 79.7 Å². The van der Waals surface area contributed by atoms with Gasteiger partial charge in [0.15, 0.2) is 0 Å². The zero-order valence-electron chi connectivity index (χ0n) is 13.8. The van der Waals surface area contributed by atoms with E-state index >= 15 is 0 Å². The fourth-order valence-electron chi connectivity index (χ4n) is 3.37. The quantitative estimate of drug-likeness (QED) is 0.757. The van der Waals surface area contributed by atoms with E-state index in [0.29, 0.717) is 10.8 Å². The lowest BCUT2D eigenvalue weighted by Crippen LogP contribution is -2.41. The molecule has 0 heterocycles. The van der Waals surface area contributed by atoms with Gasteiger partial charge in [0.2, 0.25) is 0 Å². The average molecular weight is 253 g/mol. The predicted octanol–water partition coefficient (Wildman–Crippen LogP) is 4.86. The molecular formula is C17H35N. The summed E-state index contributed by atoms with van der Waals surface area (Å²) >= 11 is 0. The summed E-state index contributed by atoms with van der Waals surface area (Å²) in [6.07, 6.45) is 6.94. The van der Waals surface area contributed by atoms with E-state index in [9.17, 15) is 0 Å². The van der Waals surface area contributed by atoms with Crippen LogP contribution in [0.25, 0.3) is 0 Å². The monoisotopic (exact) mass is 253 g/mol. The van der Waals surface area contributed by atoms with Crippen molar-refractivity contribution in [2.75, 3.05) is 7.05 Å². The van der Waals surface area contributed by atoms with Gasteiger partial charge in [0.25, 0.3) is 0 Å². The Kier molecular flexibility index (Phi) is 5.29. The van der Waals surface area contributed by atoms with Crippen LogP contribution in [0.15, 0.2) is 0 Å². The second-order valence-electron chi connectivity index (χ2n) is 8.63. The van der Waals surface area contributed by atoms with Gasteiger partial charge in [-0.05, 0) is 61.8 Å². The SMILES string of the molecule is CNC1CCC(C(C)(C)C)CC1CCC(C)(C)C. The van der Waals surface area contributed by atoms with E-state index < -0.39 is 0 Å². The van der Waals surface area contributed by atoms with E-state index in [2.05, 4.69) is 53.9 Å². The summed E-state index contributed by atoms with van der Waals surface area (Å²) in [5.41, 5.74) is 0.964. The Bertz CT molecular complexity index is 243. The fourth-order valence-corrected chi connectivity index (χ4v) is 3.37. The molecule has 0 aliphatic heterocycles. The minimum absolute atomic E-state index is 0.479. The first kappa shape index (κ1) is 16.0. The highest BCUT2D eigenvalue weighted by Crippen LogP contribution is 2.42. The molecule has 1 aliphatic rings. The van der Waals surface area contributed by atoms with E-state index in [0.717, 1.165) is 17.9 Å². The molecule has 0 bridgehead atoms. The van der Waals surface area contributed by atoms with Gasteiger partial charge in [-0.3, -0.25) is 0 Å². The molecule has 0 saturated heterocycles. The Morgan fingerprint density at radius 3 is 2.06 bits per heavy atom. The van der Waals surface area contributed by atoms with Crippen LogP contribution < -0.4 is 5.32 Å². The van der Waals surface area contributed by atoms with Crippen molar-refractivity contribution < 1.29 is 0 Å². The zero-order chi connectivity index (χ0) is 14.0. The van der Waals surface area contributed by atoms with Crippen LogP contribution in [0.4, 0.5) is 0 Å². The first-order valence-corrected chi connectivity index (χ1v) is 7.81. The molecule has 1 saturated carbocycles. The van der Waals surface area contributed by atoms with Crippen molar-refractivity contribution in [3.05, 3.63) is 0 Å². The summed E-state index contributed by atoms with van der Waals surface area (Å²) in [6.45, 7) is 14.3. The van der Waals surface area contributed by atoms with Gasteiger partial charge >= 0.3 is 0 Å². The third-order valence-electron chi connectivity index (χ3n) is 4.84. The van der Waals surface area contributed by atoms with Gasteiger partial charge in [0.05, 0.1) is 0 Å². The molecule has 1 N–H and O–H groups in total. The van der Waals surface area contributed by atoms with E-state index in [1.807, 2.05) is 0 Å². The molecule has 1 aliphatic carbocycles. The lowest BCUT2D eigenvalue weighted by molar-refractivity contribution is 0.105. The fraction of sp³-hybridized carbons (Fsp3) is 1.00. The largest absolute Gasteiger partial charge is 0.317 e. The Labute approximate surface area is 115 Å². The molecule has 3 unspecified atom stereocenters. The molecule has 1 heteroatoms. The van der Waals surface area contributed by atoms with Crippen LogP contribution in [0, 0.1) is 22.7 Å². The summed E-state index contributed by atoms with van der Waals surface area (Å²) in [5, 5.41) is 3.56. The molecule has 18 heavy (non-hydrogen) atoms. The van der Waals surface area contributed by atoms with Crippen molar-refractivity contribution in [3.63, 3.8) is 0 Å². The van der Waals surface area contributed by atoms with Gasteiger partial charge < -0.3 is 5.32 Å². The number of hydrogen-bond acceptors (Lipinski definition) is 1. The van der Waals surface area contributed by atoms with Crippen LogP contribution in [0.2, 0.25) is 0 Å². The predicted molar refractivity (Wildman–Crippen MR) is 81.8 cm³/mol. The van der Waals surface area contributed by atoms with Crippen LogP contribution in [-0.4, -0.2) is 13.1 Å². The molecule has 0 spiro atoms. The van der Waals surface area contributed by atoms with Crippen LogP contribution in [0.3, 0.4) is 0 Å². The van der Waals surface area contributed by atoms with Crippen molar-refractivity contribution in [3.8, 4) is 0 Å². The van der Waals surface area contributed by atoms with Gasteiger partial charge in [-0.2, -0.15) is 0 Å². The standard InChI is InChI=1S/C17H35N/c1-16(2,3)11-10-13-12-14(17(4,5)6)8-9-15(13)18-7/h13-15,18H,8-12H2,1-7H3. The second-order valence-corrected chi connectivity index (χ2v) is 8.63. The normalized spacial score (nSPS) is 30.5. The van der Waals surface area contributed by atoms with Crippen LogP contribution >= 0.6 is 0 Å². The van der Waals surface area contributed by atoms with Gasteiger partial charge in [0.1, 0.15) is 0 Å². The molecule has 0 aromatic carbocycles. The number of hydrogen-bond donors (Lipinski definition) is 1. The molecule has 1 nitrogen and oxygen atoms in total.